The fraction of sp³-hybridized carbons (Fsp3) is 0.400. The van der Waals surface area contributed by atoms with Gasteiger partial charge in [-0.3, -0.25) is 0 Å². The largest absolute Gasteiger partial charge is 0.326 e. The summed E-state index contributed by atoms with van der Waals surface area (Å²) in [5.41, 5.74) is 12.5. The number of rotatable bonds is 3. The van der Waals surface area contributed by atoms with E-state index in [2.05, 4.69) is 0 Å². The zero-order chi connectivity index (χ0) is 9.84. The Morgan fingerprint density at radius 2 is 1.77 bits per heavy atom. The lowest BCUT2D eigenvalue weighted by Crippen LogP contribution is -2.33. The lowest BCUT2D eigenvalue weighted by atomic mass is 9.99. The first kappa shape index (κ1) is 10.2. The lowest BCUT2D eigenvalue weighted by molar-refractivity contribution is 0.531. The number of halogens is 1. The molecule has 0 unspecified atom stereocenters. The molecule has 0 aliphatic rings. The first-order valence-electron chi connectivity index (χ1n) is 4.41. The van der Waals surface area contributed by atoms with Crippen LogP contribution >= 0.6 is 0 Å². The van der Waals surface area contributed by atoms with Crippen molar-refractivity contribution in [3.63, 3.8) is 0 Å². The van der Waals surface area contributed by atoms with Crippen molar-refractivity contribution in [1.29, 1.82) is 0 Å². The van der Waals surface area contributed by atoms with E-state index < -0.39 is 0 Å². The molecule has 0 heterocycles. The number of hydrogen-bond acceptors (Lipinski definition) is 2. The van der Waals surface area contributed by atoms with Gasteiger partial charge in [0.15, 0.2) is 0 Å². The molecule has 0 saturated heterocycles. The predicted molar refractivity (Wildman–Crippen MR) is 51.6 cm³/mol. The highest BCUT2D eigenvalue weighted by Crippen LogP contribution is 2.14. The summed E-state index contributed by atoms with van der Waals surface area (Å²) in [5.74, 6) is -0.249. The molecule has 1 aromatic carbocycles. The topological polar surface area (TPSA) is 52.0 Å². The van der Waals surface area contributed by atoms with E-state index in [-0.39, 0.29) is 17.9 Å². The minimum absolute atomic E-state index is 0.0644. The second-order valence-corrected chi connectivity index (χ2v) is 3.15. The van der Waals surface area contributed by atoms with Gasteiger partial charge in [-0.15, -0.1) is 0 Å². The number of nitrogens with two attached hydrogens (primary N) is 2. The molecular weight excluding hydrogens is 167 g/mol. The average molecular weight is 182 g/mol. The number of benzene rings is 1. The van der Waals surface area contributed by atoms with Crippen LogP contribution in [-0.2, 0) is 0 Å². The Morgan fingerprint density at radius 3 is 2.23 bits per heavy atom. The van der Waals surface area contributed by atoms with Crippen LogP contribution in [0.2, 0.25) is 0 Å². The zero-order valence-electron chi connectivity index (χ0n) is 7.70. The summed E-state index contributed by atoms with van der Waals surface area (Å²) in [7, 11) is 0. The average Bonchev–Trinajstić information content (AvgIpc) is 2.17. The van der Waals surface area contributed by atoms with Crippen LogP contribution in [0, 0.1) is 5.82 Å². The van der Waals surface area contributed by atoms with E-state index in [0.29, 0.717) is 0 Å². The predicted octanol–water partition coefficient (Wildman–Crippen LogP) is 1.56. The summed E-state index contributed by atoms with van der Waals surface area (Å²) < 4.78 is 12.6. The van der Waals surface area contributed by atoms with Gasteiger partial charge in [0.2, 0.25) is 0 Å². The van der Waals surface area contributed by atoms with E-state index in [9.17, 15) is 4.39 Å². The molecule has 13 heavy (non-hydrogen) atoms. The van der Waals surface area contributed by atoms with Crippen molar-refractivity contribution in [2.24, 2.45) is 11.5 Å². The van der Waals surface area contributed by atoms with Crippen molar-refractivity contribution >= 4 is 0 Å². The van der Waals surface area contributed by atoms with Crippen LogP contribution in [0.4, 0.5) is 4.39 Å². The molecule has 0 spiro atoms. The maximum Gasteiger partial charge on any atom is 0.123 e. The molecule has 0 aliphatic heterocycles. The molecule has 0 saturated carbocycles. The van der Waals surface area contributed by atoms with Gasteiger partial charge in [-0.05, 0) is 24.1 Å². The van der Waals surface area contributed by atoms with Crippen molar-refractivity contribution in [1.82, 2.24) is 0 Å². The second kappa shape index (κ2) is 4.35. The molecule has 0 amide bonds. The Hall–Kier alpha value is -0.930. The molecule has 0 bridgehead atoms. The fourth-order valence-corrected chi connectivity index (χ4v) is 1.19. The van der Waals surface area contributed by atoms with Crippen LogP contribution in [0.3, 0.4) is 0 Å². The lowest BCUT2D eigenvalue weighted by Gasteiger charge is -2.18. The van der Waals surface area contributed by atoms with Crippen molar-refractivity contribution < 1.29 is 4.39 Å². The molecule has 72 valence electrons. The van der Waals surface area contributed by atoms with Gasteiger partial charge in [0.25, 0.3) is 0 Å². The van der Waals surface area contributed by atoms with Crippen LogP contribution in [0.25, 0.3) is 0 Å². The SMILES string of the molecule is CC[C@@H](N)[C@H](N)c1ccc(F)cc1. The van der Waals surface area contributed by atoms with Crippen LogP contribution in [0.15, 0.2) is 24.3 Å². The Balaban J connectivity index is 2.77. The summed E-state index contributed by atoms with van der Waals surface area (Å²) in [6.45, 7) is 1.98. The third kappa shape index (κ3) is 2.50. The van der Waals surface area contributed by atoms with Crippen molar-refractivity contribution in [2.45, 2.75) is 25.4 Å². The molecular formula is C10H15FN2. The molecule has 4 N–H and O–H groups in total. The first-order chi connectivity index (χ1) is 6.15. The molecule has 2 nitrogen and oxygen atoms in total. The smallest absolute Gasteiger partial charge is 0.123 e. The van der Waals surface area contributed by atoms with Crippen LogP contribution in [-0.4, -0.2) is 6.04 Å². The van der Waals surface area contributed by atoms with E-state index in [4.69, 9.17) is 11.5 Å². The Bertz CT molecular complexity index is 258. The maximum absolute atomic E-state index is 12.6. The first-order valence-corrected chi connectivity index (χ1v) is 4.41. The van der Waals surface area contributed by atoms with Gasteiger partial charge in [0, 0.05) is 12.1 Å². The zero-order valence-corrected chi connectivity index (χ0v) is 7.70. The molecule has 1 aromatic rings. The molecule has 1 rings (SSSR count). The van der Waals surface area contributed by atoms with E-state index in [0.717, 1.165) is 12.0 Å². The molecule has 0 radical (unpaired) electrons. The number of hydrogen-bond donors (Lipinski definition) is 2. The van der Waals surface area contributed by atoms with Crippen LogP contribution in [0.1, 0.15) is 24.9 Å². The normalized spacial score (nSPS) is 15.4. The van der Waals surface area contributed by atoms with Crippen molar-refractivity contribution in [3.8, 4) is 0 Å². The quantitative estimate of drug-likeness (QED) is 0.745. The standard InChI is InChI=1S/C10H15FN2/c1-2-9(12)10(13)7-3-5-8(11)6-4-7/h3-6,9-10H,2,12-13H2,1H3/t9-,10-/m1/s1. The van der Waals surface area contributed by atoms with Crippen LogP contribution in [0.5, 0.6) is 0 Å². The van der Waals surface area contributed by atoms with E-state index in [1.165, 1.54) is 12.1 Å². The van der Waals surface area contributed by atoms with Gasteiger partial charge in [-0.2, -0.15) is 0 Å². The third-order valence-electron chi connectivity index (χ3n) is 2.19. The molecule has 0 fully saturated rings. The summed E-state index contributed by atoms with van der Waals surface area (Å²) in [5, 5.41) is 0. The minimum Gasteiger partial charge on any atom is -0.326 e. The van der Waals surface area contributed by atoms with E-state index >= 15 is 0 Å². The van der Waals surface area contributed by atoms with Gasteiger partial charge < -0.3 is 11.5 Å². The third-order valence-corrected chi connectivity index (χ3v) is 2.19. The second-order valence-electron chi connectivity index (χ2n) is 3.15. The summed E-state index contributed by atoms with van der Waals surface area (Å²) >= 11 is 0. The van der Waals surface area contributed by atoms with Gasteiger partial charge in [-0.25, -0.2) is 4.39 Å². The van der Waals surface area contributed by atoms with Gasteiger partial charge in [0.1, 0.15) is 5.82 Å². The van der Waals surface area contributed by atoms with E-state index in [1.54, 1.807) is 12.1 Å². The summed E-state index contributed by atoms with van der Waals surface area (Å²) in [4.78, 5) is 0. The molecule has 0 aliphatic carbocycles. The van der Waals surface area contributed by atoms with Gasteiger partial charge in [0.05, 0.1) is 0 Å². The van der Waals surface area contributed by atoms with Crippen molar-refractivity contribution in [3.05, 3.63) is 35.6 Å². The molecule has 2 atom stereocenters. The Morgan fingerprint density at radius 1 is 1.23 bits per heavy atom. The molecule has 3 heteroatoms. The molecule has 0 aromatic heterocycles. The Labute approximate surface area is 77.7 Å². The highest BCUT2D eigenvalue weighted by atomic mass is 19.1. The Kier molecular flexibility index (Phi) is 3.39. The monoisotopic (exact) mass is 182 g/mol. The minimum atomic E-state index is -0.249. The highest BCUT2D eigenvalue weighted by Gasteiger charge is 2.12. The van der Waals surface area contributed by atoms with E-state index in [1.807, 2.05) is 6.92 Å². The summed E-state index contributed by atoms with van der Waals surface area (Å²) in [6.07, 6.45) is 0.818. The summed E-state index contributed by atoms with van der Waals surface area (Å²) in [6, 6.07) is 5.89. The van der Waals surface area contributed by atoms with Gasteiger partial charge in [-0.1, -0.05) is 19.1 Å². The van der Waals surface area contributed by atoms with Crippen LogP contribution < -0.4 is 11.5 Å². The highest BCUT2D eigenvalue weighted by molar-refractivity contribution is 5.20. The van der Waals surface area contributed by atoms with Gasteiger partial charge >= 0.3 is 0 Å². The maximum atomic E-state index is 12.6. The van der Waals surface area contributed by atoms with Crippen molar-refractivity contribution in [2.75, 3.05) is 0 Å². The fourth-order valence-electron chi connectivity index (χ4n) is 1.19.